The summed E-state index contributed by atoms with van der Waals surface area (Å²) in [5, 5.41) is 32.0. The van der Waals surface area contributed by atoms with E-state index in [9.17, 15) is 36.9 Å². The number of β-amino-alcohol motifs (C(OH)–C–C–N with tert-alkyl or cyclic N) is 1. The minimum Gasteiger partial charge on any atom is -0.492 e. The largest absolute Gasteiger partial charge is 0.573 e. The molecular weight excluding hydrogens is 589 g/mol. The number of fused-ring (bicyclic) bond motifs is 1. The number of rotatable bonds is 4. The van der Waals surface area contributed by atoms with Gasteiger partial charge in [0.1, 0.15) is 16.4 Å². The normalized spacial score (nSPS) is 26.6. The third-order valence-corrected chi connectivity index (χ3v) is 9.17. The number of aliphatic hydroxyl groups is 3. The Bertz CT molecular complexity index is 1490. The van der Waals surface area contributed by atoms with E-state index in [-0.39, 0.29) is 62.0 Å². The number of nitrogens with zero attached hydrogens (tertiary/aromatic N) is 1. The van der Waals surface area contributed by atoms with E-state index < -0.39 is 40.1 Å². The minimum absolute atomic E-state index is 0.00291. The summed E-state index contributed by atoms with van der Waals surface area (Å²) in [4.78, 5) is 1.71. The van der Waals surface area contributed by atoms with Crippen molar-refractivity contribution in [2.75, 3.05) is 26.2 Å². The Morgan fingerprint density at radius 1 is 0.953 bits per heavy atom. The fourth-order valence-electron chi connectivity index (χ4n) is 5.78. The maximum Gasteiger partial charge on any atom is 0.573 e. The summed E-state index contributed by atoms with van der Waals surface area (Å²) in [6, 6.07) is 19.4. The van der Waals surface area contributed by atoms with Gasteiger partial charge < -0.3 is 24.8 Å². The van der Waals surface area contributed by atoms with Gasteiger partial charge in [0, 0.05) is 31.6 Å². The molecule has 9 nitrogen and oxygen atoms in total. The van der Waals surface area contributed by atoms with E-state index in [2.05, 4.69) is 9.46 Å². The first kappa shape index (κ1) is 31.2. The molecule has 0 bridgehead atoms. The van der Waals surface area contributed by atoms with Crippen LogP contribution in [0.15, 0.2) is 77.7 Å². The van der Waals surface area contributed by atoms with Gasteiger partial charge in [-0.3, -0.25) is 4.90 Å². The molecule has 1 aliphatic carbocycles. The van der Waals surface area contributed by atoms with Crippen molar-refractivity contribution in [1.29, 1.82) is 0 Å². The van der Waals surface area contributed by atoms with Crippen LogP contribution in [0.25, 0.3) is 11.1 Å². The molecule has 1 heterocycles. The number of hydrogen-bond donors (Lipinski definition) is 4. The summed E-state index contributed by atoms with van der Waals surface area (Å²) in [6.07, 6.45) is -7.75. The molecule has 3 aromatic carbocycles. The molecule has 2 aliphatic rings. The minimum atomic E-state index is -4.83. The zero-order chi connectivity index (χ0) is 30.8. The van der Waals surface area contributed by atoms with Gasteiger partial charge in [-0.05, 0) is 53.8 Å². The number of hydrogen-bond acceptors (Lipinski definition) is 8. The van der Waals surface area contributed by atoms with Crippen molar-refractivity contribution < 1.29 is 46.4 Å². The van der Waals surface area contributed by atoms with Crippen molar-refractivity contribution >= 4 is 10.0 Å². The second kappa shape index (κ2) is 12.4. The number of halogens is 3. The molecule has 0 radical (unpaired) electrons. The predicted molar refractivity (Wildman–Crippen MR) is 151 cm³/mol. The van der Waals surface area contributed by atoms with Gasteiger partial charge in [-0.15, -0.1) is 13.2 Å². The Morgan fingerprint density at radius 3 is 2.28 bits per heavy atom. The third-order valence-electron chi connectivity index (χ3n) is 7.70. The molecule has 4 atom stereocenters. The zero-order valence-electron chi connectivity index (χ0n) is 23.1. The molecule has 13 heteroatoms. The van der Waals surface area contributed by atoms with Crippen LogP contribution in [-0.4, -0.2) is 79.6 Å². The van der Waals surface area contributed by atoms with Crippen molar-refractivity contribution in [2.45, 2.75) is 49.0 Å². The fraction of sp³-hybridized carbons (Fsp3) is 0.400. The number of benzene rings is 3. The van der Waals surface area contributed by atoms with E-state index in [1.54, 1.807) is 12.1 Å². The summed E-state index contributed by atoms with van der Waals surface area (Å²) in [5.74, 6) is -0.286. The lowest BCUT2D eigenvalue weighted by atomic mass is 9.85. The molecule has 4 N–H and O–H groups in total. The van der Waals surface area contributed by atoms with Crippen molar-refractivity contribution in [2.24, 2.45) is 5.41 Å². The van der Waals surface area contributed by atoms with E-state index in [4.69, 9.17) is 4.74 Å². The summed E-state index contributed by atoms with van der Waals surface area (Å²) in [7, 11) is -4.11. The van der Waals surface area contributed by atoms with Gasteiger partial charge in [0.05, 0.1) is 24.9 Å². The highest BCUT2D eigenvalue weighted by Gasteiger charge is 2.46. The standard InChI is InChI=1S/C30H33F3N2O7S/c31-30(32,33)42-24-9-6-20(7-10-24)16-35-17-23(36)15-34-43(39,40)28-11-8-22(21-4-2-1-3-5-21)12-27(28)41-19-29(18-35)13-25(37)26(38)14-29/h1-12,23,25-26,34,36-38H,13-19H2/t23-,25-,26+,29?/m0/s1. The van der Waals surface area contributed by atoms with Gasteiger partial charge in [-0.2, -0.15) is 0 Å². The molecule has 1 spiro atoms. The van der Waals surface area contributed by atoms with Crippen molar-refractivity contribution in [3.05, 3.63) is 78.4 Å². The Hall–Kier alpha value is -3.20. The molecule has 43 heavy (non-hydrogen) atoms. The van der Waals surface area contributed by atoms with Crippen LogP contribution < -0.4 is 14.2 Å². The molecule has 232 valence electrons. The second-order valence-electron chi connectivity index (χ2n) is 11.2. The Kier molecular flexibility index (Phi) is 9.02. The van der Waals surface area contributed by atoms with Crippen LogP contribution >= 0.6 is 0 Å². The molecule has 5 rings (SSSR count). The highest BCUT2D eigenvalue weighted by Crippen LogP contribution is 2.41. The number of aliphatic hydroxyl groups excluding tert-OH is 3. The van der Waals surface area contributed by atoms with Crippen molar-refractivity contribution in [3.8, 4) is 22.6 Å². The SMILES string of the molecule is O=S1(=O)NC[C@H](O)CN(Cc2ccc(OC(F)(F)F)cc2)CC2(COc3cc(-c4ccccc4)ccc31)C[C@@H](O)[C@@H](O)C2. The molecule has 1 saturated carbocycles. The molecule has 1 unspecified atom stereocenters. The average molecular weight is 623 g/mol. The number of alkyl halides is 3. The van der Waals surface area contributed by atoms with Crippen LogP contribution in [0.2, 0.25) is 0 Å². The van der Waals surface area contributed by atoms with Crippen LogP contribution in [0.3, 0.4) is 0 Å². The molecule has 1 fully saturated rings. The fourth-order valence-corrected chi connectivity index (χ4v) is 6.98. The first-order chi connectivity index (χ1) is 20.3. The molecule has 3 aromatic rings. The van der Waals surface area contributed by atoms with Crippen molar-refractivity contribution in [3.63, 3.8) is 0 Å². The lowest BCUT2D eigenvalue weighted by Crippen LogP contribution is -2.46. The monoisotopic (exact) mass is 622 g/mol. The van der Waals surface area contributed by atoms with E-state index in [0.29, 0.717) is 5.56 Å². The van der Waals surface area contributed by atoms with Crippen LogP contribution in [0.1, 0.15) is 18.4 Å². The summed E-state index contributed by atoms with van der Waals surface area (Å²) in [6.45, 7) is 0.0530. The Morgan fingerprint density at radius 2 is 1.63 bits per heavy atom. The van der Waals surface area contributed by atoms with Crippen LogP contribution in [0.4, 0.5) is 13.2 Å². The summed E-state index contributed by atoms with van der Waals surface area (Å²) in [5.41, 5.74) is 1.35. The average Bonchev–Trinajstić information content (AvgIpc) is 3.23. The summed E-state index contributed by atoms with van der Waals surface area (Å²) < 4.78 is 77.1. The number of ether oxygens (including phenoxy) is 2. The summed E-state index contributed by atoms with van der Waals surface area (Å²) >= 11 is 0. The van der Waals surface area contributed by atoms with Crippen LogP contribution in [0.5, 0.6) is 11.5 Å². The van der Waals surface area contributed by atoms with Gasteiger partial charge in [-0.1, -0.05) is 48.5 Å². The lowest BCUT2D eigenvalue weighted by molar-refractivity contribution is -0.274. The highest BCUT2D eigenvalue weighted by molar-refractivity contribution is 7.89. The second-order valence-corrected chi connectivity index (χ2v) is 13.0. The van der Waals surface area contributed by atoms with Gasteiger partial charge in [-0.25, -0.2) is 13.1 Å². The van der Waals surface area contributed by atoms with E-state index in [1.165, 1.54) is 30.3 Å². The molecule has 1 aliphatic heterocycles. The van der Waals surface area contributed by atoms with Gasteiger partial charge in [0.25, 0.3) is 0 Å². The van der Waals surface area contributed by atoms with E-state index >= 15 is 0 Å². The van der Waals surface area contributed by atoms with Gasteiger partial charge >= 0.3 is 6.36 Å². The molecule has 0 amide bonds. The smallest absolute Gasteiger partial charge is 0.492 e. The molecular formula is C30H33F3N2O7S. The van der Waals surface area contributed by atoms with Crippen LogP contribution in [0, 0.1) is 5.41 Å². The molecule has 0 aromatic heterocycles. The molecule has 0 saturated heterocycles. The maximum absolute atomic E-state index is 13.3. The lowest BCUT2D eigenvalue weighted by Gasteiger charge is -2.37. The first-order valence-corrected chi connectivity index (χ1v) is 15.2. The Labute approximate surface area is 247 Å². The maximum atomic E-state index is 13.3. The quantitative estimate of drug-likeness (QED) is 0.349. The van der Waals surface area contributed by atoms with Crippen molar-refractivity contribution in [1.82, 2.24) is 9.62 Å². The topological polar surface area (TPSA) is 129 Å². The van der Waals surface area contributed by atoms with Gasteiger partial charge in [0.15, 0.2) is 0 Å². The van der Waals surface area contributed by atoms with Gasteiger partial charge in [0.2, 0.25) is 10.0 Å². The van der Waals surface area contributed by atoms with Crippen LogP contribution in [-0.2, 0) is 16.6 Å². The number of sulfonamides is 1. The third kappa shape index (κ3) is 7.85. The van der Waals surface area contributed by atoms with E-state index in [1.807, 2.05) is 35.2 Å². The number of nitrogens with one attached hydrogen (secondary N) is 1. The Balaban J connectivity index is 1.47. The first-order valence-electron chi connectivity index (χ1n) is 13.7. The van der Waals surface area contributed by atoms with E-state index in [0.717, 1.165) is 11.1 Å². The highest BCUT2D eigenvalue weighted by atomic mass is 32.2. The zero-order valence-corrected chi connectivity index (χ0v) is 23.9. The predicted octanol–water partition coefficient (Wildman–Crippen LogP) is 3.29.